The maximum Gasteiger partial charge on any atom is 0.264 e. The first-order valence-electron chi connectivity index (χ1n) is 12.8. The molecule has 38 heavy (non-hydrogen) atoms. The van der Waals surface area contributed by atoms with Crippen molar-refractivity contribution < 1.29 is 18.0 Å². The molecule has 3 aromatic rings. The quantitative estimate of drug-likeness (QED) is 0.394. The summed E-state index contributed by atoms with van der Waals surface area (Å²) in [6, 6.07) is 21.0. The van der Waals surface area contributed by atoms with Crippen LogP contribution in [0.25, 0.3) is 0 Å². The molecule has 0 saturated carbocycles. The van der Waals surface area contributed by atoms with Crippen LogP contribution in [0.1, 0.15) is 35.6 Å². The van der Waals surface area contributed by atoms with E-state index in [2.05, 4.69) is 5.32 Å². The van der Waals surface area contributed by atoms with Crippen molar-refractivity contribution in [3.63, 3.8) is 0 Å². The SMILES string of the molecule is CC[C@@H](C(=O)NC)N(CCc1ccccc1)C(=O)CN(c1cc(C)cc(C)c1)S(=O)(=O)c1ccc(C)cc1. The molecule has 0 aliphatic rings. The van der Waals surface area contributed by atoms with Crippen molar-refractivity contribution in [1.29, 1.82) is 0 Å². The van der Waals surface area contributed by atoms with Gasteiger partial charge in [-0.2, -0.15) is 0 Å². The van der Waals surface area contributed by atoms with E-state index < -0.39 is 28.5 Å². The molecule has 0 fully saturated rings. The summed E-state index contributed by atoms with van der Waals surface area (Å²) in [5.41, 5.74) is 4.13. The van der Waals surface area contributed by atoms with E-state index in [1.54, 1.807) is 36.4 Å². The van der Waals surface area contributed by atoms with Gasteiger partial charge in [0.25, 0.3) is 10.0 Å². The van der Waals surface area contributed by atoms with Gasteiger partial charge in [-0.05, 0) is 74.6 Å². The molecule has 0 aliphatic carbocycles. The number of hydrogen-bond donors (Lipinski definition) is 1. The Morgan fingerprint density at radius 3 is 2.03 bits per heavy atom. The Balaban J connectivity index is 2.03. The Morgan fingerprint density at radius 1 is 0.868 bits per heavy atom. The van der Waals surface area contributed by atoms with Crippen molar-refractivity contribution in [2.45, 2.75) is 51.5 Å². The summed E-state index contributed by atoms with van der Waals surface area (Å²) in [7, 11) is -2.54. The zero-order chi connectivity index (χ0) is 27.9. The van der Waals surface area contributed by atoms with E-state index in [0.717, 1.165) is 26.6 Å². The van der Waals surface area contributed by atoms with E-state index in [0.29, 0.717) is 18.5 Å². The molecule has 0 aromatic heterocycles. The Kier molecular flexibility index (Phi) is 9.69. The summed E-state index contributed by atoms with van der Waals surface area (Å²) < 4.78 is 29.0. The Bertz CT molecular complexity index is 1340. The molecular weight excluding hydrogens is 498 g/mol. The maximum absolute atomic E-state index is 13.9. The van der Waals surface area contributed by atoms with Gasteiger partial charge in [-0.3, -0.25) is 13.9 Å². The summed E-state index contributed by atoms with van der Waals surface area (Å²) in [5, 5.41) is 2.65. The number of rotatable bonds is 11. The minimum atomic E-state index is -4.07. The number of anilines is 1. The fraction of sp³-hybridized carbons (Fsp3) is 0.333. The lowest BCUT2D eigenvalue weighted by atomic mass is 10.1. The van der Waals surface area contributed by atoms with Crippen LogP contribution in [-0.4, -0.2) is 51.3 Å². The topological polar surface area (TPSA) is 86.8 Å². The number of carbonyl (C=O) groups excluding carboxylic acids is 2. The third-order valence-corrected chi connectivity index (χ3v) is 8.29. The van der Waals surface area contributed by atoms with Gasteiger partial charge in [0.1, 0.15) is 12.6 Å². The summed E-state index contributed by atoms with van der Waals surface area (Å²) >= 11 is 0. The zero-order valence-electron chi connectivity index (χ0n) is 22.8. The molecule has 0 bridgehead atoms. The smallest absolute Gasteiger partial charge is 0.264 e. The van der Waals surface area contributed by atoms with Crippen LogP contribution in [0, 0.1) is 20.8 Å². The number of likely N-dealkylation sites (N-methyl/N-ethyl adjacent to an activating group) is 1. The molecule has 1 N–H and O–H groups in total. The standard InChI is InChI=1S/C30H37N3O4S/c1-6-28(30(35)31-5)32(17-16-25-10-8-7-9-11-25)29(34)21-33(26-19-23(3)18-24(4)20-26)38(36,37)27-14-12-22(2)13-15-27/h7-15,18-20,28H,6,16-17,21H2,1-5H3,(H,31,35)/t28-/m0/s1. The second kappa shape index (κ2) is 12.7. The van der Waals surface area contributed by atoms with E-state index in [9.17, 15) is 18.0 Å². The van der Waals surface area contributed by atoms with Gasteiger partial charge >= 0.3 is 0 Å². The molecule has 0 unspecified atom stereocenters. The van der Waals surface area contributed by atoms with Gasteiger partial charge in [0.15, 0.2) is 0 Å². The Hall–Kier alpha value is -3.65. The maximum atomic E-state index is 13.9. The largest absolute Gasteiger partial charge is 0.357 e. The van der Waals surface area contributed by atoms with Crippen LogP contribution in [0.2, 0.25) is 0 Å². The molecule has 2 amide bonds. The molecule has 0 spiro atoms. The second-order valence-corrected chi connectivity index (χ2v) is 11.4. The summed E-state index contributed by atoms with van der Waals surface area (Å²) in [6.45, 7) is 7.35. The first-order valence-corrected chi connectivity index (χ1v) is 14.2. The predicted octanol–water partition coefficient (Wildman–Crippen LogP) is 4.40. The average Bonchev–Trinajstić information content (AvgIpc) is 2.89. The molecule has 1 atom stereocenters. The second-order valence-electron chi connectivity index (χ2n) is 9.53. The number of nitrogens with zero attached hydrogens (tertiary/aromatic N) is 2. The number of carbonyl (C=O) groups is 2. The molecule has 202 valence electrons. The van der Waals surface area contributed by atoms with Crippen molar-refractivity contribution >= 4 is 27.5 Å². The highest BCUT2D eigenvalue weighted by molar-refractivity contribution is 7.92. The number of benzene rings is 3. The highest BCUT2D eigenvalue weighted by Crippen LogP contribution is 2.27. The normalized spacial score (nSPS) is 12.0. The first-order chi connectivity index (χ1) is 18.1. The van der Waals surface area contributed by atoms with Crippen LogP contribution < -0.4 is 9.62 Å². The van der Waals surface area contributed by atoms with Gasteiger partial charge in [-0.15, -0.1) is 0 Å². The van der Waals surface area contributed by atoms with Gasteiger partial charge in [-0.1, -0.05) is 61.0 Å². The van der Waals surface area contributed by atoms with Crippen LogP contribution in [0.3, 0.4) is 0 Å². The van der Waals surface area contributed by atoms with E-state index in [1.165, 1.54) is 11.9 Å². The summed E-state index contributed by atoms with van der Waals surface area (Å²) in [6.07, 6.45) is 0.933. The highest BCUT2D eigenvalue weighted by atomic mass is 32.2. The van der Waals surface area contributed by atoms with Gasteiger partial charge in [0.05, 0.1) is 10.6 Å². The lowest BCUT2D eigenvalue weighted by molar-refractivity contribution is -0.139. The van der Waals surface area contributed by atoms with Crippen LogP contribution in [0.4, 0.5) is 5.69 Å². The Labute approximate surface area is 226 Å². The summed E-state index contributed by atoms with van der Waals surface area (Å²) in [4.78, 5) is 28.3. The minimum absolute atomic E-state index is 0.101. The molecule has 0 saturated heterocycles. The number of hydrogen-bond acceptors (Lipinski definition) is 4. The molecule has 3 aromatic carbocycles. The van der Waals surface area contributed by atoms with Gasteiger partial charge in [-0.25, -0.2) is 8.42 Å². The monoisotopic (exact) mass is 535 g/mol. The highest BCUT2D eigenvalue weighted by Gasteiger charge is 2.33. The number of nitrogens with one attached hydrogen (secondary N) is 1. The molecule has 3 rings (SSSR count). The zero-order valence-corrected chi connectivity index (χ0v) is 23.6. The molecular formula is C30H37N3O4S. The van der Waals surface area contributed by atoms with Crippen LogP contribution in [0.15, 0.2) is 77.7 Å². The Morgan fingerprint density at radius 2 is 1.47 bits per heavy atom. The lowest BCUT2D eigenvalue weighted by Gasteiger charge is -2.33. The van der Waals surface area contributed by atoms with Crippen LogP contribution in [-0.2, 0) is 26.0 Å². The van der Waals surface area contributed by atoms with Gasteiger partial charge < -0.3 is 10.2 Å². The molecule has 7 nitrogen and oxygen atoms in total. The van der Waals surface area contributed by atoms with E-state index >= 15 is 0 Å². The van der Waals surface area contributed by atoms with E-state index in [1.807, 2.05) is 64.1 Å². The molecule has 0 aliphatic heterocycles. The first kappa shape index (κ1) is 28.9. The van der Waals surface area contributed by atoms with Gasteiger partial charge in [0.2, 0.25) is 11.8 Å². The molecule has 0 heterocycles. The molecule has 0 radical (unpaired) electrons. The number of aryl methyl sites for hydroxylation is 3. The number of sulfonamides is 1. The van der Waals surface area contributed by atoms with Crippen LogP contribution in [0.5, 0.6) is 0 Å². The third kappa shape index (κ3) is 7.01. The average molecular weight is 536 g/mol. The number of amides is 2. The lowest BCUT2D eigenvalue weighted by Crippen LogP contribution is -2.52. The van der Waals surface area contributed by atoms with E-state index in [-0.39, 0.29) is 17.3 Å². The van der Waals surface area contributed by atoms with Crippen molar-refractivity contribution in [2.75, 3.05) is 24.4 Å². The van der Waals surface area contributed by atoms with Crippen molar-refractivity contribution in [2.24, 2.45) is 0 Å². The third-order valence-electron chi connectivity index (χ3n) is 6.50. The fourth-order valence-corrected chi connectivity index (χ4v) is 5.92. The van der Waals surface area contributed by atoms with Crippen molar-refractivity contribution in [3.8, 4) is 0 Å². The molecule has 8 heteroatoms. The minimum Gasteiger partial charge on any atom is -0.357 e. The van der Waals surface area contributed by atoms with Crippen molar-refractivity contribution in [1.82, 2.24) is 10.2 Å². The van der Waals surface area contributed by atoms with E-state index in [4.69, 9.17) is 0 Å². The van der Waals surface area contributed by atoms with Crippen molar-refractivity contribution in [3.05, 3.63) is 95.1 Å². The van der Waals surface area contributed by atoms with Crippen LogP contribution >= 0.6 is 0 Å². The predicted molar refractivity (Wildman–Crippen MR) is 152 cm³/mol. The van der Waals surface area contributed by atoms with Gasteiger partial charge in [0, 0.05) is 13.6 Å². The summed E-state index contributed by atoms with van der Waals surface area (Å²) in [5.74, 6) is -0.723. The fourth-order valence-electron chi connectivity index (χ4n) is 4.52.